The summed E-state index contributed by atoms with van der Waals surface area (Å²) in [6, 6.07) is 13.7. The van der Waals surface area contributed by atoms with Gasteiger partial charge in [-0.3, -0.25) is 14.5 Å². The Morgan fingerprint density at radius 2 is 1.78 bits per heavy atom. The van der Waals surface area contributed by atoms with Crippen LogP contribution in [-0.2, 0) is 16.0 Å². The van der Waals surface area contributed by atoms with Crippen LogP contribution in [0.4, 0.5) is 10.1 Å². The number of carbonyl (C=O) groups is 2. The van der Waals surface area contributed by atoms with Gasteiger partial charge in [0.25, 0.3) is 0 Å². The van der Waals surface area contributed by atoms with Crippen molar-refractivity contribution in [1.82, 2.24) is 5.32 Å². The lowest BCUT2D eigenvalue weighted by molar-refractivity contribution is -0.127. The summed E-state index contributed by atoms with van der Waals surface area (Å²) in [7, 11) is 3.03. The van der Waals surface area contributed by atoms with Crippen LogP contribution < -0.4 is 19.7 Å². The number of anilines is 1. The zero-order valence-corrected chi connectivity index (χ0v) is 21.4. The molecule has 0 bridgehead atoms. The summed E-state index contributed by atoms with van der Waals surface area (Å²) in [5, 5.41) is 5.00. The first-order valence-electron chi connectivity index (χ1n) is 12.1. The zero-order valence-electron chi connectivity index (χ0n) is 20.5. The molecule has 36 heavy (non-hydrogen) atoms. The van der Waals surface area contributed by atoms with Gasteiger partial charge in [0.2, 0.25) is 11.8 Å². The van der Waals surface area contributed by atoms with Gasteiger partial charge in [-0.2, -0.15) is 0 Å². The van der Waals surface area contributed by atoms with Crippen LogP contribution in [0.3, 0.4) is 0 Å². The second-order valence-electron chi connectivity index (χ2n) is 8.83. The van der Waals surface area contributed by atoms with Crippen LogP contribution in [0.5, 0.6) is 11.5 Å². The molecule has 1 N–H and O–H groups in total. The number of rotatable bonds is 9. The third-order valence-electron chi connectivity index (χ3n) is 6.48. The molecule has 0 spiro atoms. The molecule has 1 aliphatic carbocycles. The third-order valence-corrected chi connectivity index (χ3v) is 7.35. The molecule has 2 aromatic carbocycles. The molecule has 190 valence electrons. The topological polar surface area (TPSA) is 67.9 Å². The zero-order chi connectivity index (χ0) is 25.5. The van der Waals surface area contributed by atoms with E-state index < -0.39 is 17.8 Å². The first kappa shape index (κ1) is 25.7. The van der Waals surface area contributed by atoms with Crippen molar-refractivity contribution in [2.45, 2.75) is 50.6 Å². The Bertz CT molecular complexity index is 1180. The van der Waals surface area contributed by atoms with Crippen LogP contribution in [0.25, 0.3) is 0 Å². The maximum Gasteiger partial charge on any atom is 0.248 e. The van der Waals surface area contributed by atoms with E-state index in [0.29, 0.717) is 17.2 Å². The van der Waals surface area contributed by atoms with Crippen molar-refractivity contribution in [3.8, 4) is 11.5 Å². The number of nitrogens with one attached hydrogen (secondary N) is 1. The molecule has 1 heterocycles. The second kappa shape index (κ2) is 12.0. The Morgan fingerprint density at radius 3 is 2.44 bits per heavy atom. The molecule has 6 nitrogen and oxygen atoms in total. The fourth-order valence-corrected chi connectivity index (χ4v) is 5.38. The lowest BCUT2D eigenvalue weighted by Crippen LogP contribution is -2.48. The van der Waals surface area contributed by atoms with Crippen LogP contribution in [0, 0.1) is 5.82 Å². The molecule has 3 aromatic rings. The highest BCUT2D eigenvalue weighted by Gasteiger charge is 2.36. The van der Waals surface area contributed by atoms with Gasteiger partial charge < -0.3 is 14.8 Å². The number of amides is 2. The normalized spacial score (nSPS) is 14.6. The van der Waals surface area contributed by atoms with E-state index in [1.807, 2.05) is 17.5 Å². The fraction of sp³-hybridized carbons (Fsp3) is 0.357. The molecule has 1 saturated carbocycles. The van der Waals surface area contributed by atoms with Gasteiger partial charge in [0.05, 0.1) is 20.6 Å². The number of methoxy groups -OCH3 is 2. The van der Waals surface area contributed by atoms with Crippen molar-refractivity contribution < 1.29 is 23.5 Å². The summed E-state index contributed by atoms with van der Waals surface area (Å²) < 4.78 is 26.0. The van der Waals surface area contributed by atoms with Crippen molar-refractivity contribution in [1.29, 1.82) is 0 Å². The highest BCUT2D eigenvalue weighted by molar-refractivity contribution is 7.10. The first-order chi connectivity index (χ1) is 17.5. The average molecular weight is 511 g/mol. The summed E-state index contributed by atoms with van der Waals surface area (Å²) in [5.41, 5.74) is 0.557. The number of hydrogen-bond acceptors (Lipinski definition) is 5. The summed E-state index contributed by atoms with van der Waals surface area (Å²) in [5.74, 6) is -0.376. The van der Waals surface area contributed by atoms with Gasteiger partial charge >= 0.3 is 0 Å². The van der Waals surface area contributed by atoms with Gasteiger partial charge in [-0.15, -0.1) is 11.3 Å². The van der Waals surface area contributed by atoms with E-state index >= 15 is 4.39 Å². The van der Waals surface area contributed by atoms with Gasteiger partial charge in [-0.25, -0.2) is 4.39 Å². The molecule has 4 rings (SSSR count). The van der Waals surface area contributed by atoms with Gasteiger partial charge in [-0.1, -0.05) is 43.5 Å². The highest BCUT2D eigenvalue weighted by atomic mass is 32.1. The van der Waals surface area contributed by atoms with Crippen molar-refractivity contribution >= 4 is 28.8 Å². The molecular formula is C28H31FN2O4S. The molecule has 1 aliphatic rings. The summed E-state index contributed by atoms with van der Waals surface area (Å²) in [4.78, 5) is 29.9. The van der Waals surface area contributed by atoms with Crippen molar-refractivity contribution in [3.05, 3.63) is 76.2 Å². The maximum absolute atomic E-state index is 15.2. The Labute approximate surface area is 215 Å². The minimum absolute atomic E-state index is 0.000162. The average Bonchev–Trinajstić information content (AvgIpc) is 3.41. The SMILES string of the molecule is COc1ccc(N(C(=O)Cc2cccs2)[C@@H](C(=O)NC2CCCCC2)c2ccccc2F)cc1OC. The van der Waals surface area contributed by atoms with Gasteiger partial charge in [-0.05, 0) is 42.5 Å². The van der Waals surface area contributed by atoms with Crippen LogP contribution in [0.15, 0.2) is 60.0 Å². The van der Waals surface area contributed by atoms with Crippen molar-refractivity contribution in [3.63, 3.8) is 0 Å². The van der Waals surface area contributed by atoms with E-state index in [-0.39, 0.29) is 23.9 Å². The van der Waals surface area contributed by atoms with Gasteiger partial charge in [0.1, 0.15) is 11.9 Å². The molecular weight excluding hydrogens is 479 g/mol. The summed E-state index contributed by atoms with van der Waals surface area (Å²) >= 11 is 1.46. The molecule has 0 unspecified atom stereocenters. The Balaban J connectivity index is 1.81. The van der Waals surface area contributed by atoms with E-state index in [1.54, 1.807) is 36.4 Å². The lowest BCUT2D eigenvalue weighted by atomic mass is 9.94. The number of benzene rings is 2. The molecule has 2 amide bonds. The first-order valence-corrected chi connectivity index (χ1v) is 13.0. The number of halogens is 1. The van der Waals surface area contributed by atoms with Crippen LogP contribution in [0.1, 0.15) is 48.6 Å². The fourth-order valence-electron chi connectivity index (χ4n) is 4.68. The molecule has 1 atom stereocenters. The molecule has 1 aromatic heterocycles. The number of nitrogens with zero attached hydrogens (tertiary/aromatic N) is 1. The molecule has 1 fully saturated rings. The number of ether oxygens (including phenoxy) is 2. The van der Waals surface area contributed by atoms with Crippen molar-refractivity contribution in [2.75, 3.05) is 19.1 Å². The van der Waals surface area contributed by atoms with Crippen molar-refractivity contribution in [2.24, 2.45) is 0 Å². The monoisotopic (exact) mass is 510 g/mol. The smallest absolute Gasteiger partial charge is 0.248 e. The standard InChI is InChI=1S/C28H31FN2O4S/c1-34-24-15-14-20(17-25(24)35-2)31(26(32)18-21-11-8-16-36-21)27(22-12-6-7-13-23(22)29)28(33)30-19-9-4-3-5-10-19/h6-8,11-17,19,27H,3-5,9-10,18H2,1-2H3,(H,30,33)/t27-/m1/s1. The summed E-state index contributed by atoms with van der Waals surface area (Å²) in [6.07, 6.45) is 5.02. The Morgan fingerprint density at radius 1 is 1.03 bits per heavy atom. The molecule has 0 radical (unpaired) electrons. The molecule has 8 heteroatoms. The molecule has 0 aliphatic heterocycles. The number of hydrogen-bond donors (Lipinski definition) is 1. The number of thiophene rings is 1. The van der Waals surface area contributed by atoms with E-state index in [0.717, 1.165) is 37.0 Å². The van der Waals surface area contributed by atoms with E-state index in [4.69, 9.17) is 9.47 Å². The maximum atomic E-state index is 15.2. The Hall–Kier alpha value is -3.39. The van der Waals surface area contributed by atoms with E-state index in [9.17, 15) is 9.59 Å². The van der Waals surface area contributed by atoms with E-state index in [2.05, 4.69) is 5.32 Å². The summed E-state index contributed by atoms with van der Waals surface area (Å²) in [6.45, 7) is 0. The second-order valence-corrected chi connectivity index (χ2v) is 9.86. The minimum atomic E-state index is -1.20. The minimum Gasteiger partial charge on any atom is -0.493 e. The van der Waals surface area contributed by atoms with Gasteiger partial charge in [0, 0.05) is 28.2 Å². The van der Waals surface area contributed by atoms with Gasteiger partial charge in [0.15, 0.2) is 11.5 Å². The molecule has 0 saturated heterocycles. The third kappa shape index (κ3) is 5.87. The lowest BCUT2D eigenvalue weighted by Gasteiger charge is -2.34. The highest BCUT2D eigenvalue weighted by Crippen LogP contribution is 2.37. The Kier molecular flexibility index (Phi) is 8.59. The predicted octanol–water partition coefficient (Wildman–Crippen LogP) is 5.67. The number of carbonyl (C=O) groups excluding carboxylic acids is 2. The van der Waals surface area contributed by atoms with Crippen LogP contribution >= 0.6 is 11.3 Å². The van der Waals surface area contributed by atoms with E-state index in [1.165, 1.54) is 36.5 Å². The predicted molar refractivity (Wildman–Crippen MR) is 139 cm³/mol. The quantitative estimate of drug-likeness (QED) is 0.403. The van der Waals surface area contributed by atoms with Crippen LogP contribution in [-0.4, -0.2) is 32.1 Å². The van der Waals surface area contributed by atoms with Crippen LogP contribution in [0.2, 0.25) is 0 Å². The largest absolute Gasteiger partial charge is 0.493 e.